The molecule has 3 aromatic rings. The van der Waals surface area contributed by atoms with Crippen LogP contribution in [0.4, 0.5) is 5.82 Å². The minimum atomic E-state index is 0.472. The Bertz CT molecular complexity index is 946. The lowest BCUT2D eigenvalue weighted by molar-refractivity contribution is 0.923. The van der Waals surface area contributed by atoms with Gasteiger partial charge >= 0.3 is 0 Å². The highest BCUT2D eigenvalue weighted by molar-refractivity contribution is 6.29. The van der Waals surface area contributed by atoms with Gasteiger partial charge in [0, 0.05) is 24.5 Å². The monoisotopic (exact) mass is 350 g/mol. The molecule has 5 heteroatoms. The molecule has 4 rings (SSSR count). The molecule has 1 aromatic carbocycles. The molecule has 0 spiro atoms. The normalized spacial score (nSPS) is 14.7. The van der Waals surface area contributed by atoms with Crippen LogP contribution in [0, 0.1) is 6.92 Å². The van der Waals surface area contributed by atoms with Crippen molar-refractivity contribution in [2.75, 3.05) is 18.0 Å². The molecule has 0 N–H and O–H groups in total. The summed E-state index contributed by atoms with van der Waals surface area (Å²) in [6.07, 6.45) is 6.25. The summed E-state index contributed by atoms with van der Waals surface area (Å²) in [7, 11) is 0. The molecular weight excluding hydrogens is 332 g/mol. The van der Waals surface area contributed by atoms with Gasteiger partial charge in [0.1, 0.15) is 11.0 Å². The highest BCUT2D eigenvalue weighted by Gasteiger charge is 2.15. The number of fused-ring (bicyclic) bond motifs is 1. The summed E-state index contributed by atoms with van der Waals surface area (Å²) in [4.78, 5) is 15.9. The smallest absolute Gasteiger partial charge is 0.156 e. The maximum absolute atomic E-state index is 6.19. The average molecular weight is 351 g/mol. The number of benzene rings is 1. The van der Waals surface area contributed by atoms with E-state index in [4.69, 9.17) is 16.6 Å². The number of hydrogen-bond acceptors (Lipinski definition) is 4. The van der Waals surface area contributed by atoms with Crippen LogP contribution in [0.25, 0.3) is 23.1 Å². The van der Waals surface area contributed by atoms with E-state index in [0.717, 1.165) is 41.1 Å². The van der Waals surface area contributed by atoms with Crippen LogP contribution in [-0.2, 0) is 0 Å². The molecule has 126 valence electrons. The van der Waals surface area contributed by atoms with E-state index >= 15 is 0 Å². The number of aromatic nitrogens is 3. The van der Waals surface area contributed by atoms with E-state index in [-0.39, 0.29) is 0 Å². The number of halogens is 1. The fraction of sp³-hybridized carbons (Fsp3) is 0.250. The van der Waals surface area contributed by atoms with E-state index in [0.29, 0.717) is 11.0 Å². The molecule has 3 heterocycles. The van der Waals surface area contributed by atoms with E-state index in [1.165, 1.54) is 12.8 Å². The summed E-state index contributed by atoms with van der Waals surface area (Å²) in [6.45, 7) is 4.12. The van der Waals surface area contributed by atoms with Gasteiger partial charge in [0.15, 0.2) is 5.82 Å². The highest BCUT2D eigenvalue weighted by atomic mass is 35.5. The van der Waals surface area contributed by atoms with Gasteiger partial charge in [-0.25, -0.2) is 15.0 Å². The Labute approximate surface area is 152 Å². The second-order valence-corrected chi connectivity index (χ2v) is 6.71. The van der Waals surface area contributed by atoms with Crippen molar-refractivity contribution >= 4 is 40.5 Å². The van der Waals surface area contributed by atoms with Gasteiger partial charge in [-0.2, -0.15) is 0 Å². The van der Waals surface area contributed by atoms with Crippen LogP contribution in [0.5, 0.6) is 0 Å². The first-order valence-corrected chi connectivity index (χ1v) is 8.91. The second-order valence-electron chi connectivity index (χ2n) is 6.32. The standard InChI is InChI=1S/C20H19ClN4/c1-14-12-15-6-2-3-7-17(15)22-16(14)8-9-19-23-18(21)13-20(24-19)25-10-4-5-11-25/h2-3,6-9,12-13H,4-5,10-11H2,1H3. The van der Waals surface area contributed by atoms with E-state index < -0.39 is 0 Å². The SMILES string of the molecule is Cc1cc2ccccc2nc1C=Cc1nc(Cl)cc(N2CCCC2)n1. The molecule has 0 aliphatic carbocycles. The van der Waals surface area contributed by atoms with Crippen molar-refractivity contribution in [2.45, 2.75) is 19.8 Å². The number of pyridine rings is 1. The van der Waals surface area contributed by atoms with Crippen LogP contribution >= 0.6 is 11.6 Å². The molecule has 0 amide bonds. The first-order valence-electron chi connectivity index (χ1n) is 8.53. The Morgan fingerprint density at radius 1 is 1.00 bits per heavy atom. The van der Waals surface area contributed by atoms with Gasteiger partial charge < -0.3 is 4.90 Å². The largest absolute Gasteiger partial charge is 0.356 e. The number of hydrogen-bond donors (Lipinski definition) is 0. The zero-order valence-electron chi connectivity index (χ0n) is 14.1. The van der Waals surface area contributed by atoms with Crippen LogP contribution in [0.2, 0.25) is 5.15 Å². The fourth-order valence-corrected chi connectivity index (χ4v) is 3.35. The summed E-state index contributed by atoms with van der Waals surface area (Å²) >= 11 is 6.19. The van der Waals surface area contributed by atoms with Gasteiger partial charge in [0.05, 0.1) is 11.2 Å². The predicted octanol–water partition coefficient (Wildman–Crippen LogP) is 4.76. The Morgan fingerprint density at radius 3 is 2.64 bits per heavy atom. The zero-order chi connectivity index (χ0) is 17.2. The van der Waals surface area contributed by atoms with Crippen molar-refractivity contribution in [2.24, 2.45) is 0 Å². The summed E-state index contributed by atoms with van der Waals surface area (Å²) < 4.78 is 0. The third-order valence-corrected chi connectivity index (χ3v) is 4.67. The van der Waals surface area contributed by atoms with E-state index in [1.807, 2.05) is 36.4 Å². The predicted molar refractivity (Wildman–Crippen MR) is 104 cm³/mol. The van der Waals surface area contributed by atoms with E-state index in [1.54, 1.807) is 0 Å². The molecule has 25 heavy (non-hydrogen) atoms. The quantitative estimate of drug-likeness (QED) is 0.639. The zero-order valence-corrected chi connectivity index (χ0v) is 14.9. The molecule has 2 aromatic heterocycles. The van der Waals surface area contributed by atoms with Crippen LogP contribution in [0.15, 0.2) is 36.4 Å². The number of para-hydroxylation sites is 1. The maximum atomic E-state index is 6.19. The topological polar surface area (TPSA) is 41.9 Å². The van der Waals surface area contributed by atoms with E-state index in [2.05, 4.69) is 33.9 Å². The summed E-state index contributed by atoms with van der Waals surface area (Å²) in [5, 5.41) is 1.62. The fourth-order valence-electron chi connectivity index (χ4n) is 3.16. The van der Waals surface area contributed by atoms with Crippen molar-refractivity contribution in [3.8, 4) is 0 Å². The summed E-state index contributed by atoms with van der Waals surface area (Å²) in [5.74, 6) is 1.52. The Hall–Kier alpha value is -2.46. The Morgan fingerprint density at radius 2 is 1.80 bits per heavy atom. The first kappa shape index (κ1) is 16.0. The van der Waals surface area contributed by atoms with Gasteiger partial charge in [0.2, 0.25) is 0 Å². The van der Waals surface area contributed by atoms with Crippen molar-refractivity contribution in [3.63, 3.8) is 0 Å². The van der Waals surface area contributed by atoms with Crippen molar-refractivity contribution in [3.05, 3.63) is 58.6 Å². The molecular formula is C20H19ClN4. The van der Waals surface area contributed by atoms with Gasteiger partial charge in [0.25, 0.3) is 0 Å². The van der Waals surface area contributed by atoms with Crippen molar-refractivity contribution < 1.29 is 0 Å². The molecule has 1 aliphatic rings. The Kier molecular flexibility index (Phi) is 4.36. The van der Waals surface area contributed by atoms with Crippen LogP contribution in [-0.4, -0.2) is 28.0 Å². The number of rotatable bonds is 3. The molecule has 1 aliphatic heterocycles. The minimum absolute atomic E-state index is 0.472. The van der Waals surface area contributed by atoms with E-state index in [9.17, 15) is 0 Å². The minimum Gasteiger partial charge on any atom is -0.356 e. The van der Waals surface area contributed by atoms with Crippen LogP contribution < -0.4 is 4.90 Å². The summed E-state index contributed by atoms with van der Waals surface area (Å²) in [6, 6.07) is 12.1. The Balaban J connectivity index is 1.66. The molecule has 1 fully saturated rings. The third-order valence-electron chi connectivity index (χ3n) is 4.47. The summed E-state index contributed by atoms with van der Waals surface area (Å²) in [5.41, 5.74) is 3.03. The second kappa shape index (κ2) is 6.81. The first-order chi connectivity index (χ1) is 12.2. The lowest BCUT2D eigenvalue weighted by Gasteiger charge is -2.16. The van der Waals surface area contributed by atoms with Crippen molar-refractivity contribution in [1.82, 2.24) is 15.0 Å². The van der Waals surface area contributed by atoms with Gasteiger partial charge in [-0.1, -0.05) is 29.8 Å². The lowest BCUT2D eigenvalue weighted by atomic mass is 10.1. The maximum Gasteiger partial charge on any atom is 0.156 e. The highest BCUT2D eigenvalue weighted by Crippen LogP contribution is 2.22. The molecule has 0 unspecified atom stereocenters. The molecule has 4 nitrogen and oxygen atoms in total. The van der Waals surface area contributed by atoms with Gasteiger partial charge in [-0.05, 0) is 49.6 Å². The molecule has 0 saturated carbocycles. The molecule has 0 atom stereocenters. The number of aryl methyl sites for hydroxylation is 1. The van der Waals surface area contributed by atoms with Crippen LogP contribution in [0.1, 0.15) is 29.9 Å². The van der Waals surface area contributed by atoms with Crippen molar-refractivity contribution in [1.29, 1.82) is 0 Å². The van der Waals surface area contributed by atoms with Gasteiger partial charge in [-0.3, -0.25) is 0 Å². The average Bonchev–Trinajstić information content (AvgIpc) is 3.14. The van der Waals surface area contributed by atoms with Crippen LogP contribution in [0.3, 0.4) is 0 Å². The lowest BCUT2D eigenvalue weighted by Crippen LogP contribution is -2.19. The number of nitrogens with zero attached hydrogens (tertiary/aromatic N) is 4. The molecule has 0 bridgehead atoms. The van der Waals surface area contributed by atoms with Gasteiger partial charge in [-0.15, -0.1) is 0 Å². The third kappa shape index (κ3) is 3.49. The number of anilines is 1. The molecule has 1 saturated heterocycles. The molecule has 0 radical (unpaired) electrons.